The quantitative estimate of drug-likeness (QED) is 0.151. The largest absolute Gasteiger partial charge is 0.502 e. The molecule has 1 aliphatic rings. The van der Waals surface area contributed by atoms with Crippen molar-refractivity contribution in [2.24, 2.45) is 5.73 Å². The lowest BCUT2D eigenvalue weighted by molar-refractivity contribution is 0.100. The molecule has 1 amide bonds. The van der Waals surface area contributed by atoms with Crippen LogP contribution in [-0.4, -0.2) is 29.0 Å². The lowest BCUT2D eigenvalue weighted by Crippen LogP contribution is -2.21. The highest BCUT2D eigenvalue weighted by Gasteiger charge is 2.16. The van der Waals surface area contributed by atoms with Gasteiger partial charge in [0.2, 0.25) is 5.91 Å². The molecule has 1 atom stereocenters. The summed E-state index contributed by atoms with van der Waals surface area (Å²) < 4.78 is 6.81. The lowest BCUT2D eigenvalue weighted by atomic mass is 10.1. The predicted molar refractivity (Wildman–Crippen MR) is 168 cm³/mol. The van der Waals surface area contributed by atoms with E-state index in [4.69, 9.17) is 22.7 Å². The van der Waals surface area contributed by atoms with Gasteiger partial charge in [0, 0.05) is 47.3 Å². The standard InChI is InChI=1S/C25H27N3OS.C5H10O.CH3Cl/c1-5-18(4)28-15-22(21-11-10-20(24(26)29)14-23(21)28)25(30)27-17(3)13-19-9-7-6-8-16(2)12-19;1-4-5(2)6-3;1-2/h5,7-12,14-15,18H,1,3,6,13H2,2,4H3,(H2,26,29)(H,27,30);4H,1-3H3;1H3/b;5-4+;. The molecular formula is C31H40ClN3O2S. The molecule has 0 radical (unpaired) electrons. The molecule has 0 bridgehead atoms. The highest BCUT2D eigenvalue weighted by molar-refractivity contribution is 7.80. The van der Waals surface area contributed by atoms with Crippen molar-refractivity contribution in [2.45, 2.75) is 46.6 Å². The zero-order chi connectivity index (χ0) is 28.8. The molecule has 7 heteroatoms. The number of primary amides is 1. The fourth-order valence-electron chi connectivity index (χ4n) is 3.66. The number of allylic oxidation sites excluding steroid dienone is 9. The molecule has 1 aliphatic carbocycles. The summed E-state index contributed by atoms with van der Waals surface area (Å²) in [4.78, 5) is 12.2. The van der Waals surface area contributed by atoms with Crippen molar-refractivity contribution in [3.8, 4) is 0 Å². The van der Waals surface area contributed by atoms with Crippen LogP contribution in [0.25, 0.3) is 10.9 Å². The van der Waals surface area contributed by atoms with Crippen molar-refractivity contribution in [2.75, 3.05) is 13.5 Å². The molecule has 2 aromatic rings. The van der Waals surface area contributed by atoms with Crippen molar-refractivity contribution in [1.29, 1.82) is 0 Å². The Labute approximate surface area is 238 Å². The molecule has 1 aromatic carbocycles. The maximum atomic E-state index is 11.6. The van der Waals surface area contributed by atoms with E-state index < -0.39 is 5.91 Å². The number of hydrogen-bond donors (Lipinski definition) is 2. The first-order valence-electron chi connectivity index (χ1n) is 12.3. The van der Waals surface area contributed by atoms with Gasteiger partial charge in [-0.3, -0.25) is 4.79 Å². The minimum absolute atomic E-state index is 0.0337. The lowest BCUT2D eigenvalue weighted by Gasteiger charge is -2.11. The summed E-state index contributed by atoms with van der Waals surface area (Å²) in [6, 6.07) is 5.45. The highest BCUT2D eigenvalue weighted by Crippen LogP contribution is 2.27. The second-order valence-corrected chi connectivity index (χ2v) is 9.07. The molecule has 3 rings (SSSR count). The average Bonchev–Trinajstić information content (AvgIpc) is 3.18. The van der Waals surface area contributed by atoms with Crippen molar-refractivity contribution < 1.29 is 9.53 Å². The number of carbonyl (C=O) groups excluding carboxylic acids is 1. The van der Waals surface area contributed by atoms with Crippen LogP contribution in [0.4, 0.5) is 0 Å². The van der Waals surface area contributed by atoms with Gasteiger partial charge < -0.3 is 20.4 Å². The number of ether oxygens (including phenoxy) is 1. The Morgan fingerprint density at radius 2 is 2.05 bits per heavy atom. The molecule has 0 aliphatic heterocycles. The average molecular weight is 554 g/mol. The van der Waals surface area contributed by atoms with E-state index in [1.807, 2.05) is 49.8 Å². The molecule has 1 heterocycles. The molecule has 0 fully saturated rings. The number of carbonyl (C=O) groups is 1. The number of alkyl halides is 1. The predicted octanol–water partition coefficient (Wildman–Crippen LogP) is 7.90. The second-order valence-electron chi connectivity index (χ2n) is 8.67. The number of nitrogens with one attached hydrogen (secondary N) is 1. The van der Waals surface area contributed by atoms with E-state index in [0.29, 0.717) is 17.0 Å². The number of thiocarbonyl (C=S) groups is 1. The monoisotopic (exact) mass is 553 g/mol. The number of methoxy groups -OCH3 is 1. The van der Waals surface area contributed by atoms with Crippen molar-refractivity contribution in [3.63, 3.8) is 0 Å². The Kier molecular flexibility index (Phi) is 14.2. The Bertz CT molecular complexity index is 1280. The summed E-state index contributed by atoms with van der Waals surface area (Å²) in [6.45, 7) is 16.1. The number of amides is 1. The van der Waals surface area contributed by atoms with Gasteiger partial charge in [0.05, 0.1) is 18.4 Å². The van der Waals surface area contributed by atoms with Gasteiger partial charge >= 0.3 is 0 Å². The van der Waals surface area contributed by atoms with E-state index in [2.05, 4.69) is 61.3 Å². The van der Waals surface area contributed by atoms with Gasteiger partial charge in [-0.05, 0) is 51.8 Å². The van der Waals surface area contributed by atoms with Crippen LogP contribution in [0.15, 0.2) is 96.6 Å². The van der Waals surface area contributed by atoms with E-state index in [1.165, 1.54) is 17.5 Å². The molecule has 3 N–H and O–H groups in total. The number of fused-ring (bicyclic) bond motifs is 1. The van der Waals surface area contributed by atoms with Crippen LogP contribution >= 0.6 is 23.8 Å². The van der Waals surface area contributed by atoms with Gasteiger partial charge in [-0.1, -0.05) is 66.9 Å². The van der Waals surface area contributed by atoms with E-state index >= 15 is 0 Å². The number of hydrogen-bond acceptors (Lipinski definition) is 3. The Balaban J connectivity index is 0.000000795. The maximum Gasteiger partial charge on any atom is 0.248 e. The summed E-state index contributed by atoms with van der Waals surface area (Å²) in [5.74, 6) is 0.510. The van der Waals surface area contributed by atoms with Gasteiger partial charge in [-0.15, -0.1) is 18.2 Å². The fourth-order valence-corrected chi connectivity index (χ4v) is 3.96. The minimum Gasteiger partial charge on any atom is -0.502 e. The summed E-state index contributed by atoms with van der Waals surface area (Å²) in [6.07, 6.45) is 17.5. The van der Waals surface area contributed by atoms with E-state index in [0.717, 1.165) is 34.3 Å². The van der Waals surface area contributed by atoms with Crippen LogP contribution in [0.5, 0.6) is 0 Å². The number of halogens is 1. The van der Waals surface area contributed by atoms with Gasteiger partial charge in [-0.25, -0.2) is 0 Å². The third-order valence-corrected chi connectivity index (χ3v) is 6.22. The SMILES string of the molecule is C/C=C(\C)OC.C=CC(C)n1cc(C(=S)NC(=C)CC2=CC(C)=CCC=C2)c2ccc(C(N)=O)cc21.CCl. The maximum absolute atomic E-state index is 11.6. The van der Waals surface area contributed by atoms with Crippen LogP contribution in [0.2, 0.25) is 0 Å². The second kappa shape index (κ2) is 16.5. The molecule has 38 heavy (non-hydrogen) atoms. The van der Waals surface area contributed by atoms with Crippen LogP contribution in [0, 0.1) is 0 Å². The third-order valence-electron chi connectivity index (χ3n) is 5.90. The van der Waals surface area contributed by atoms with Crippen LogP contribution in [-0.2, 0) is 4.74 Å². The first kappa shape index (κ1) is 32.7. The Morgan fingerprint density at radius 1 is 1.37 bits per heavy atom. The summed E-state index contributed by atoms with van der Waals surface area (Å²) >= 11 is 10.3. The minimum atomic E-state index is -0.458. The topological polar surface area (TPSA) is 69.3 Å². The number of nitrogens with two attached hydrogens (primary N) is 1. The van der Waals surface area contributed by atoms with Gasteiger partial charge in [0.25, 0.3) is 0 Å². The molecule has 1 unspecified atom stereocenters. The number of aromatic nitrogens is 1. The zero-order valence-corrected chi connectivity index (χ0v) is 24.9. The van der Waals surface area contributed by atoms with E-state index in [-0.39, 0.29) is 6.04 Å². The summed E-state index contributed by atoms with van der Waals surface area (Å²) in [7, 11) is 1.66. The van der Waals surface area contributed by atoms with Crippen LogP contribution < -0.4 is 11.1 Å². The third kappa shape index (κ3) is 9.51. The Hall–Kier alpha value is -3.35. The van der Waals surface area contributed by atoms with Crippen molar-refractivity contribution in [3.05, 3.63) is 108 Å². The molecule has 1 aromatic heterocycles. The normalized spacial score (nSPS) is 13.4. The van der Waals surface area contributed by atoms with Crippen molar-refractivity contribution in [1.82, 2.24) is 9.88 Å². The molecule has 0 spiro atoms. The van der Waals surface area contributed by atoms with Gasteiger partial charge in [0.15, 0.2) is 0 Å². The molecule has 0 saturated heterocycles. The van der Waals surface area contributed by atoms with Crippen LogP contribution in [0.1, 0.15) is 62.5 Å². The van der Waals surface area contributed by atoms with E-state index in [9.17, 15) is 4.79 Å². The van der Waals surface area contributed by atoms with Crippen molar-refractivity contribution >= 4 is 45.6 Å². The molecule has 204 valence electrons. The molecule has 0 saturated carbocycles. The number of nitrogens with zero attached hydrogens (tertiary/aromatic N) is 1. The number of benzene rings is 1. The van der Waals surface area contributed by atoms with Crippen LogP contribution in [0.3, 0.4) is 0 Å². The number of rotatable bonds is 8. The highest BCUT2D eigenvalue weighted by atomic mass is 35.5. The summed E-state index contributed by atoms with van der Waals surface area (Å²) in [5.41, 5.74) is 11.0. The molecule has 5 nitrogen and oxygen atoms in total. The Morgan fingerprint density at radius 3 is 2.61 bits per heavy atom. The first-order chi connectivity index (χ1) is 18.1. The van der Waals surface area contributed by atoms with Gasteiger partial charge in [0.1, 0.15) is 4.99 Å². The zero-order valence-electron chi connectivity index (χ0n) is 23.3. The first-order valence-corrected chi connectivity index (χ1v) is 13.4. The molecular weight excluding hydrogens is 514 g/mol. The van der Waals surface area contributed by atoms with E-state index in [1.54, 1.807) is 19.2 Å². The smallest absolute Gasteiger partial charge is 0.248 e. The summed E-state index contributed by atoms with van der Waals surface area (Å²) in [5, 5.41) is 4.24. The fraction of sp³-hybridized carbons (Fsp3) is 0.290. The van der Waals surface area contributed by atoms with Gasteiger partial charge in [-0.2, -0.15) is 0 Å².